The molecular weight excluding hydrogens is 294 g/mol. The van der Waals surface area contributed by atoms with E-state index in [-0.39, 0.29) is 11.9 Å². The Labute approximate surface area is 128 Å². The van der Waals surface area contributed by atoms with Gasteiger partial charge in [0.25, 0.3) is 0 Å². The first-order valence-electron chi connectivity index (χ1n) is 6.42. The molecule has 0 fully saturated rings. The van der Waals surface area contributed by atoms with E-state index in [1.807, 2.05) is 44.4 Å². The number of carbonyl (C=O) groups excluding carboxylic acids is 1. The fourth-order valence-electron chi connectivity index (χ4n) is 2.03. The Hall–Kier alpha value is -1.26. The zero-order valence-corrected chi connectivity index (χ0v) is 13.3. The largest absolute Gasteiger partial charge is 0.456 e. The minimum Gasteiger partial charge on any atom is -0.456 e. The van der Waals surface area contributed by atoms with Crippen molar-refractivity contribution in [2.75, 3.05) is 5.73 Å². The molecule has 1 aromatic rings. The molecule has 20 heavy (non-hydrogen) atoms. The van der Waals surface area contributed by atoms with E-state index in [9.17, 15) is 4.79 Å². The summed E-state index contributed by atoms with van der Waals surface area (Å²) in [4.78, 5) is 12.3. The summed E-state index contributed by atoms with van der Waals surface area (Å²) >= 11 is 7.29. The van der Waals surface area contributed by atoms with Gasteiger partial charge in [0.2, 0.25) is 0 Å². The first-order chi connectivity index (χ1) is 9.28. The molecule has 0 saturated heterocycles. The second-order valence-electron chi connectivity index (χ2n) is 5.72. The number of allylic oxidation sites excluding steroid dienone is 4. The van der Waals surface area contributed by atoms with E-state index in [0.717, 1.165) is 17.0 Å². The zero-order chi connectivity index (χ0) is 14.9. The maximum Gasteiger partial charge on any atom is 0.341 e. The number of nitrogen functional groups attached to an aromatic ring is 1. The summed E-state index contributed by atoms with van der Waals surface area (Å²) in [7, 11) is 0. The van der Waals surface area contributed by atoms with Crippen molar-refractivity contribution >= 4 is 33.9 Å². The van der Waals surface area contributed by atoms with Gasteiger partial charge in [-0.1, -0.05) is 23.8 Å². The maximum absolute atomic E-state index is 12.3. The Balaban J connectivity index is 2.29. The molecule has 0 radical (unpaired) electrons. The molecule has 0 bridgehead atoms. The molecule has 1 heterocycles. The molecule has 0 saturated carbocycles. The van der Waals surface area contributed by atoms with Crippen LogP contribution in [-0.2, 0) is 4.74 Å². The van der Waals surface area contributed by atoms with Crippen molar-refractivity contribution in [1.29, 1.82) is 0 Å². The van der Waals surface area contributed by atoms with Gasteiger partial charge in [-0.2, -0.15) is 0 Å². The molecule has 1 aliphatic rings. The molecule has 108 valence electrons. The molecule has 1 atom stereocenters. The average molecular weight is 312 g/mol. The summed E-state index contributed by atoms with van der Waals surface area (Å²) in [6.07, 6.45) is 6.56. The highest BCUT2D eigenvalue weighted by atomic mass is 35.5. The van der Waals surface area contributed by atoms with Gasteiger partial charge in [0.15, 0.2) is 0 Å². The van der Waals surface area contributed by atoms with Gasteiger partial charge in [0, 0.05) is 11.0 Å². The van der Waals surface area contributed by atoms with Gasteiger partial charge < -0.3 is 10.5 Å². The fraction of sp³-hybridized carbons (Fsp3) is 0.400. The molecular formula is C15H18ClNO2S. The van der Waals surface area contributed by atoms with Crippen LogP contribution in [0.25, 0.3) is 0 Å². The van der Waals surface area contributed by atoms with Gasteiger partial charge in [0.1, 0.15) is 10.6 Å². The summed E-state index contributed by atoms with van der Waals surface area (Å²) in [5, 5.41) is 3.16. The number of thiophene rings is 1. The number of anilines is 1. The quantitative estimate of drug-likeness (QED) is 0.821. The molecule has 5 heteroatoms. The highest BCUT2D eigenvalue weighted by Crippen LogP contribution is 2.37. The van der Waals surface area contributed by atoms with Gasteiger partial charge in [0.05, 0.1) is 5.56 Å². The Morgan fingerprint density at radius 3 is 2.75 bits per heavy atom. The van der Waals surface area contributed by atoms with Crippen LogP contribution in [0.5, 0.6) is 0 Å². The lowest BCUT2D eigenvalue weighted by atomic mass is 9.91. The van der Waals surface area contributed by atoms with Crippen molar-refractivity contribution < 1.29 is 9.53 Å². The summed E-state index contributed by atoms with van der Waals surface area (Å²) in [5.74, 6) is -0.242. The van der Waals surface area contributed by atoms with Crippen LogP contribution in [0, 0.1) is 0 Å². The van der Waals surface area contributed by atoms with Crippen molar-refractivity contribution in [3.05, 3.63) is 39.8 Å². The van der Waals surface area contributed by atoms with Gasteiger partial charge >= 0.3 is 5.97 Å². The monoisotopic (exact) mass is 311 g/mol. The van der Waals surface area contributed by atoms with Crippen molar-refractivity contribution in [1.82, 2.24) is 0 Å². The predicted molar refractivity (Wildman–Crippen MR) is 84.3 cm³/mol. The summed E-state index contributed by atoms with van der Waals surface area (Å²) in [6.45, 7) is 5.53. The normalized spacial score (nSPS) is 18.8. The second-order valence-corrected chi connectivity index (χ2v) is 7.07. The third kappa shape index (κ3) is 3.44. The summed E-state index contributed by atoms with van der Waals surface area (Å²) in [5.41, 5.74) is 6.82. The van der Waals surface area contributed by atoms with Crippen molar-refractivity contribution in [2.45, 2.75) is 38.7 Å². The topological polar surface area (TPSA) is 52.3 Å². The van der Waals surface area contributed by atoms with Gasteiger partial charge in [-0.25, -0.2) is 4.79 Å². The van der Waals surface area contributed by atoms with Gasteiger partial charge in [-0.3, -0.25) is 0 Å². The van der Waals surface area contributed by atoms with E-state index < -0.39 is 5.60 Å². The lowest BCUT2D eigenvalue weighted by molar-refractivity contribution is 0.00699. The van der Waals surface area contributed by atoms with Crippen LogP contribution < -0.4 is 5.73 Å². The van der Waals surface area contributed by atoms with Crippen LogP contribution in [0.1, 0.15) is 49.0 Å². The Morgan fingerprint density at radius 2 is 2.20 bits per heavy atom. The lowest BCUT2D eigenvalue weighted by Gasteiger charge is -2.21. The highest BCUT2D eigenvalue weighted by Gasteiger charge is 2.27. The second kappa shape index (κ2) is 5.62. The van der Waals surface area contributed by atoms with Crippen LogP contribution >= 0.6 is 22.9 Å². The predicted octanol–water partition coefficient (Wildman–Crippen LogP) is 4.45. The Kier molecular flexibility index (Phi) is 4.25. The molecule has 0 amide bonds. The smallest absolute Gasteiger partial charge is 0.341 e. The zero-order valence-electron chi connectivity index (χ0n) is 11.8. The van der Waals surface area contributed by atoms with E-state index >= 15 is 0 Å². The van der Waals surface area contributed by atoms with E-state index in [2.05, 4.69) is 0 Å². The summed E-state index contributed by atoms with van der Waals surface area (Å²) < 4.78 is 5.44. The average Bonchev–Trinajstić information content (AvgIpc) is 2.70. The minimum atomic E-state index is -0.533. The number of esters is 1. The standard InChI is InChI=1S/C15H18ClNO2S/c1-15(2,3)19-14(18)12-11(8-20-13(12)17)9-4-6-10(16)7-5-9/h4,6-9H,5,17H2,1-3H3. The molecule has 2 N–H and O–H groups in total. The van der Waals surface area contributed by atoms with Crippen LogP contribution in [0.4, 0.5) is 5.00 Å². The maximum atomic E-state index is 12.3. The summed E-state index contributed by atoms with van der Waals surface area (Å²) in [6, 6.07) is 0. The Morgan fingerprint density at radius 1 is 1.50 bits per heavy atom. The van der Waals surface area contributed by atoms with E-state index in [4.69, 9.17) is 22.1 Å². The molecule has 1 unspecified atom stereocenters. The van der Waals surface area contributed by atoms with E-state index in [1.165, 1.54) is 11.3 Å². The molecule has 0 aliphatic heterocycles. The molecule has 2 rings (SSSR count). The van der Waals surface area contributed by atoms with Crippen molar-refractivity contribution in [2.24, 2.45) is 0 Å². The van der Waals surface area contributed by atoms with Gasteiger partial charge in [-0.05, 0) is 44.2 Å². The number of nitrogens with two attached hydrogens (primary N) is 1. The van der Waals surface area contributed by atoms with Gasteiger partial charge in [-0.15, -0.1) is 11.3 Å². The van der Waals surface area contributed by atoms with Crippen LogP contribution in [0.3, 0.4) is 0 Å². The van der Waals surface area contributed by atoms with Crippen molar-refractivity contribution in [3.63, 3.8) is 0 Å². The molecule has 3 nitrogen and oxygen atoms in total. The molecule has 1 aromatic heterocycles. The number of ether oxygens (including phenoxy) is 1. The molecule has 0 spiro atoms. The van der Waals surface area contributed by atoms with Crippen LogP contribution in [0.2, 0.25) is 0 Å². The number of halogens is 1. The van der Waals surface area contributed by atoms with Crippen LogP contribution in [0.15, 0.2) is 28.6 Å². The number of carbonyl (C=O) groups is 1. The molecule has 0 aromatic carbocycles. The van der Waals surface area contributed by atoms with E-state index in [0.29, 0.717) is 10.6 Å². The Bertz CT molecular complexity index is 581. The third-order valence-corrected chi connectivity index (χ3v) is 4.02. The first-order valence-corrected chi connectivity index (χ1v) is 7.68. The SMILES string of the molecule is CC(C)(C)OC(=O)c1c(C2C=CC(Cl)=CC2)csc1N. The lowest BCUT2D eigenvalue weighted by Crippen LogP contribution is -2.25. The molecule has 1 aliphatic carbocycles. The third-order valence-electron chi connectivity index (χ3n) is 2.90. The number of rotatable bonds is 2. The first kappa shape index (κ1) is 15.1. The fourth-order valence-corrected chi connectivity index (χ4v) is 3.06. The number of hydrogen-bond donors (Lipinski definition) is 1. The highest BCUT2D eigenvalue weighted by molar-refractivity contribution is 7.14. The minimum absolute atomic E-state index is 0.119. The van der Waals surface area contributed by atoms with Crippen LogP contribution in [-0.4, -0.2) is 11.6 Å². The van der Waals surface area contributed by atoms with Crippen molar-refractivity contribution in [3.8, 4) is 0 Å². The van der Waals surface area contributed by atoms with E-state index in [1.54, 1.807) is 0 Å². The number of hydrogen-bond acceptors (Lipinski definition) is 4.